The van der Waals surface area contributed by atoms with E-state index in [0.717, 1.165) is 26.9 Å². The topological polar surface area (TPSA) is 80.1 Å². The number of thioether (sulfide) groups is 1. The van der Waals surface area contributed by atoms with E-state index in [1.54, 1.807) is 0 Å². The van der Waals surface area contributed by atoms with E-state index in [-0.39, 0.29) is 17.7 Å². The molecule has 1 aliphatic rings. The zero-order chi connectivity index (χ0) is 21.3. The molecule has 2 aromatic carbocycles. The second-order valence-corrected chi connectivity index (χ2v) is 8.92. The van der Waals surface area contributed by atoms with Crippen LogP contribution in [0, 0.1) is 13.8 Å². The third kappa shape index (κ3) is 4.27. The fourth-order valence-corrected chi connectivity index (χ4v) is 4.47. The number of urea groups is 1. The minimum atomic E-state index is -0.341. The predicted octanol–water partition coefficient (Wildman–Crippen LogP) is 3.96. The molecule has 1 saturated heterocycles. The molecule has 0 bridgehead atoms. The lowest BCUT2D eigenvalue weighted by Crippen LogP contribution is -2.35. The van der Waals surface area contributed by atoms with Crippen molar-refractivity contribution in [1.29, 1.82) is 0 Å². The van der Waals surface area contributed by atoms with Gasteiger partial charge in [-0.3, -0.25) is 14.3 Å². The number of carbonyl (C=O) groups excluding carboxylic acids is 2. The molecule has 30 heavy (non-hydrogen) atoms. The molecule has 3 aromatic rings. The Kier molecular flexibility index (Phi) is 5.92. The molecule has 1 N–H and O–H groups in total. The zero-order valence-corrected chi connectivity index (χ0v) is 19.0. The van der Waals surface area contributed by atoms with Gasteiger partial charge in [0, 0.05) is 23.1 Å². The number of nitrogens with zero attached hydrogens (tertiary/aromatic N) is 4. The molecule has 0 unspecified atom stereocenters. The molecule has 9 heteroatoms. The van der Waals surface area contributed by atoms with E-state index in [0.29, 0.717) is 24.1 Å². The van der Waals surface area contributed by atoms with Crippen LogP contribution in [0.3, 0.4) is 0 Å². The van der Waals surface area contributed by atoms with Crippen LogP contribution in [0.1, 0.15) is 11.1 Å². The van der Waals surface area contributed by atoms with Crippen molar-refractivity contribution in [2.75, 3.05) is 18.8 Å². The van der Waals surface area contributed by atoms with Gasteiger partial charge in [-0.25, -0.2) is 4.79 Å². The number of halogens is 1. The van der Waals surface area contributed by atoms with Gasteiger partial charge in [0.2, 0.25) is 5.91 Å². The van der Waals surface area contributed by atoms with E-state index >= 15 is 0 Å². The Labute approximate surface area is 187 Å². The summed E-state index contributed by atoms with van der Waals surface area (Å²) in [5.41, 5.74) is 4.11. The summed E-state index contributed by atoms with van der Waals surface area (Å²) in [6.07, 6.45) is 0. The lowest BCUT2D eigenvalue weighted by atomic mass is 10.1. The van der Waals surface area contributed by atoms with Crippen LogP contribution in [-0.2, 0) is 4.79 Å². The van der Waals surface area contributed by atoms with E-state index in [1.165, 1.54) is 16.7 Å². The number of aryl methyl sites for hydroxylation is 2. The Morgan fingerprint density at radius 3 is 2.47 bits per heavy atom. The van der Waals surface area contributed by atoms with Crippen LogP contribution in [0.2, 0.25) is 0 Å². The van der Waals surface area contributed by atoms with Crippen LogP contribution < -0.4 is 5.32 Å². The Bertz CT molecular complexity index is 1090. The highest BCUT2D eigenvalue weighted by atomic mass is 79.9. The first-order valence-corrected chi connectivity index (χ1v) is 11.2. The summed E-state index contributed by atoms with van der Waals surface area (Å²) in [6.45, 7) is 4.97. The maximum atomic E-state index is 12.5. The summed E-state index contributed by atoms with van der Waals surface area (Å²) in [5, 5.41) is 12.0. The second-order valence-electron chi connectivity index (χ2n) is 7.06. The molecule has 3 amide bonds. The van der Waals surface area contributed by atoms with E-state index < -0.39 is 0 Å². The molecule has 7 nitrogen and oxygen atoms in total. The van der Waals surface area contributed by atoms with Gasteiger partial charge in [0.1, 0.15) is 0 Å². The molecular formula is C21H20BrN5O2S. The monoisotopic (exact) mass is 485 g/mol. The molecule has 4 rings (SSSR count). The van der Waals surface area contributed by atoms with Crippen LogP contribution >= 0.6 is 27.7 Å². The van der Waals surface area contributed by atoms with Gasteiger partial charge in [0.25, 0.3) is 0 Å². The molecule has 0 radical (unpaired) electrons. The highest BCUT2D eigenvalue weighted by Crippen LogP contribution is 2.30. The van der Waals surface area contributed by atoms with Gasteiger partial charge in [0.05, 0.1) is 11.4 Å². The normalized spacial score (nSPS) is 13.6. The highest BCUT2D eigenvalue weighted by molar-refractivity contribution is 9.10. The van der Waals surface area contributed by atoms with Gasteiger partial charge in [-0.05, 0) is 49.2 Å². The predicted molar refractivity (Wildman–Crippen MR) is 120 cm³/mol. The number of amides is 3. The SMILES string of the molecule is Cc1cc(C)cc(-n2c(SCC(=O)N3CCNC3=O)nnc2-c2ccc(Br)cc2)c1. The molecule has 1 fully saturated rings. The summed E-state index contributed by atoms with van der Waals surface area (Å²) < 4.78 is 2.94. The number of aromatic nitrogens is 3. The Morgan fingerprint density at radius 1 is 1.13 bits per heavy atom. The first-order chi connectivity index (χ1) is 14.4. The maximum Gasteiger partial charge on any atom is 0.324 e. The fourth-order valence-electron chi connectivity index (χ4n) is 3.38. The highest BCUT2D eigenvalue weighted by Gasteiger charge is 2.27. The van der Waals surface area contributed by atoms with Gasteiger partial charge >= 0.3 is 6.03 Å². The van der Waals surface area contributed by atoms with Crippen LogP contribution in [-0.4, -0.2) is 50.4 Å². The van der Waals surface area contributed by atoms with Gasteiger partial charge < -0.3 is 5.32 Å². The average Bonchev–Trinajstić information content (AvgIpc) is 3.32. The first-order valence-electron chi connectivity index (χ1n) is 9.43. The van der Waals surface area contributed by atoms with E-state index in [4.69, 9.17) is 0 Å². The van der Waals surface area contributed by atoms with Crippen molar-refractivity contribution < 1.29 is 9.59 Å². The number of imide groups is 1. The maximum absolute atomic E-state index is 12.5. The Balaban J connectivity index is 1.70. The lowest BCUT2D eigenvalue weighted by molar-refractivity contribution is -0.124. The van der Waals surface area contributed by atoms with Gasteiger partial charge in [-0.15, -0.1) is 10.2 Å². The number of benzene rings is 2. The lowest BCUT2D eigenvalue weighted by Gasteiger charge is -2.14. The van der Waals surface area contributed by atoms with Crippen molar-refractivity contribution in [1.82, 2.24) is 25.0 Å². The number of hydrogen-bond donors (Lipinski definition) is 1. The summed E-state index contributed by atoms with van der Waals surface area (Å²) in [5.74, 6) is 0.563. The number of hydrogen-bond acceptors (Lipinski definition) is 5. The van der Waals surface area contributed by atoms with Crippen molar-refractivity contribution in [2.24, 2.45) is 0 Å². The van der Waals surface area contributed by atoms with Crippen molar-refractivity contribution in [3.05, 3.63) is 58.1 Å². The van der Waals surface area contributed by atoms with Crippen LogP contribution in [0.5, 0.6) is 0 Å². The number of rotatable bonds is 5. The minimum Gasteiger partial charge on any atom is -0.336 e. The summed E-state index contributed by atoms with van der Waals surface area (Å²) in [7, 11) is 0. The van der Waals surface area contributed by atoms with Gasteiger partial charge in [0.15, 0.2) is 11.0 Å². The summed E-state index contributed by atoms with van der Waals surface area (Å²) in [4.78, 5) is 25.5. The molecule has 1 aliphatic heterocycles. The molecular weight excluding hydrogens is 466 g/mol. The molecule has 154 valence electrons. The largest absolute Gasteiger partial charge is 0.336 e. The molecule has 0 spiro atoms. The molecule has 1 aromatic heterocycles. The average molecular weight is 486 g/mol. The molecule has 0 saturated carbocycles. The first kappa shape index (κ1) is 20.6. The standard InChI is InChI=1S/C21H20BrN5O2S/c1-13-9-14(2)11-17(10-13)27-19(15-3-5-16(22)6-4-15)24-25-21(27)30-12-18(28)26-8-7-23-20(26)29/h3-6,9-11H,7-8,12H2,1-2H3,(H,23,29). The zero-order valence-electron chi connectivity index (χ0n) is 16.6. The fraction of sp³-hybridized carbons (Fsp3) is 0.238. The van der Waals surface area contributed by atoms with Crippen molar-refractivity contribution in [3.8, 4) is 17.1 Å². The third-order valence-corrected chi connectivity index (χ3v) is 6.13. The molecule has 0 atom stereocenters. The van der Waals surface area contributed by atoms with Gasteiger partial charge in [-0.2, -0.15) is 0 Å². The smallest absolute Gasteiger partial charge is 0.324 e. The van der Waals surface area contributed by atoms with Crippen LogP contribution in [0.15, 0.2) is 52.1 Å². The third-order valence-electron chi connectivity index (χ3n) is 4.68. The minimum absolute atomic E-state index is 0.108. The molecule has 2 heterocycles. The van der Waals surface area contributed by atoms with Crippen molar-refractivity contribution in [2.45, 2.75) is 19.0 Å². The molecule has 0 aliphatic carbocycles. The van der Waals surface area contributed by atoms with E-state index in [1.807, 2.05) is 42.7 Å². The number of nitrogens with one attached hydrogen (secondary N) is 1. The number of carbonyl (C=O) groups is 2. The van der Waals surface area contributed by atoms with Gasteiger partial charge in [-0.1, -0.05) is 45.9 Å². The Hall–Kier alpha value is -2.65. The summed E-state index contributed by atoms with van der Waals surface area (Å²) in [6, 6.07) is 13.8. The van der Waals surface area contributed by atoms with Crippen molar-refractivity contribution in [3.63, 3.8) is 0 Å². The summed E-state index contributed by atoms with van der Waals surface area (Å²) >= 11 is 4.74. The quantitative estimate of drug-likeness (QED) is 0.553. The van der Waals surface area contributed by atoms with E-state index in [2.05, 4.69) is 49.6 Å². The second kappa shape index (κ2) is 8.61. The van der Waals surface area contributed by atoms with Crippen LogP contribution in [0.4, 0.5) is 4.79 Å². The Morgan fingerprint density at radius 2 is 1.83 bits per heavy atom. The van der Waals surface area contributed by atoms with E-state index in [9.17, 15) is 9.59 Å². The van der Waals surface area contributed by atoms with Crippen molar-refractivity contribution >= 4 is 39.6 Å². The van der Waals surface area contributed by atoms with Crippen LogP contribution in [0.25, 0.3) is 17.1 Å².